The Balaban J connectivity index is 1.23. The number of likely N-dealkylation sites (tertiary alicyclic amines) is 1. The minimum atomic E-state index is -1.28. The molecule has 2 amide bonds. The van der Waals surface area contributed by atoms with Gasteiger partial charge in [0, 0.05) is 45.5 Å². The third-order valence-corrected chi connectivity index (χ3v) is 6.94. The van der Waals surface area contributed by atoms with Crippen molar-refractivity contribution in [2.45, 2.75) is 36.9 Å². The van der Waals surface area contributed by atoms with Gasteiger partial charge in [0.15, 0.2) is 5.60 Å². The number of hydrogen-bond donors (Lipinski definition) is 3. The van der Waals surface area contributed by atoms with Gasteiger partial charge in [-0.15, -0.1) is 0 Å². The molecule has 1 heterocycles. The van der Waals surface area contributed by atoms with Crippen molar-refractivity contribution in [3.8, 4) is 11.1 Å². The lowest BCUT2D eigenvalue weighted by Gasteiger charge is -2.38. The van der Waals surface area contributed by atoms with Gasteiger partial charge in [0.2, 0.25) is 5.91 Å². The number of methoxy groups -OCH3 is 1. The zero-order chi connectivity index (χ0) is 25.0. The lowest BCUT2D eigenvalue weighted by molar-refractivity contribution is -0.170. The number of nitrogens with zero attached hydrogens (tertiary/aromatic N) is 1. The zero-order valence-corrected chi connectivity index (χ0v) is 19.6. The van der Waals surface area contributed by atoms with Crippen molar-refractivity contribution in [1.29, 1.82) is 0 Å². The summed E-state index contributed by atoms with van der Waals surface area (Å²) in [6.45, 7) is 0.484. The van der Waals surface area contributed by atoms with Crippen LogP contribution in [0.2, 0.25) is 0 Å². The van der Waals surface area contributed by atoms with Gasteiger partial charge in [-0.1, -0.05) is 48.5 Å². The third kappa shape index (κ3) is 5.16. The second-order valence-electron chi connectivity index (χ2n) is 8.95. The molecule has 1 fully saturated rings. The highest BCUT2D eigenvalue weighted by atomic mass is 16.5. The van der Waals surface area contributed by atoms with Crippen LogP contribution in [-0.4, -0.2) is 78.1 Å². The molecule has 2 aromatic carbocycles. The molecule has 4 rings (SSSR count). The number of nitrogens with one attached hydrogen (secondary N) is 1. The summed E-state index contributed by atoms with van der Waals surface area (Å²) in [7, 11) is 1.35. The van der Waals surface area contributed by atoms with Gasteiger partial charge in [-0.05, 0) is 22.3 Å². The fourth-order valence-corrected chi connectivity index (χ4v) is 4.88. The van der Waals surface area contributed by atoms with E-state index >= 15 is 0 Å². The number of ether oxygens (including phenoxy) is 2. The molecule has 186 valence electrons. The van der Waals surface area contributed by atoms with Gasteiger partial charge in [0.1, 0.15) is 6.61 Å². The van der Waals surface area contributed by atoms with Crippen molar-refractivity contribution >= 4 is 18.0 Å². The molecule has 2 aliphatic rings. The maximum absolute atomic E-state index is 12.5. The van der Waals surface area contributed by atoms with Gasteiger partial charge in [0.05, 0.1) is 12.5 Å². The fraction of sp³-hybridized carbons (Fsp3) is 0.423. The van der Waals surface area contributed by atoms with Gasteiger partial charge in [-0.3, -0.25) is 4.79 Å². The molecule has 35 heavy (non-hydrogen) atoms. The largest absolute Gasteiger partial charge is 0.479 e. The number of carbonyl (C=O) groups excluding carboxylic acids is 2. The Morgan fingerprint density at radius 2 is 1.63 bits per heavy atom. The summed E-state index contributed by atoms with van der Waals surface area (Å²) in [6.07, 6.45) is -1.58. The van der Waals surface area contributed by atoms with Crippen LogP contribution in [0.15, 0.2) is 48.5 Å². The highest BCUT2D eigenvalue weighted by molar-refractivity contribution is 5.80. The van der Waals surface area contributed by atoms with Gasteiger partial charge < -0.3 is 29.9 Å². The smallest absolute Gasteiger partial charge is 0.407 e. The van der Waals surface area contributed by atoms with E-state index in [0.29, 0.717) is 0 Å². The highest BCUT2D eigenvalue weighted by Gasteiger charge is 2.42. The van der Waals surface area contributed by atoms with E-state index in [9.17, 15) is 24.6 Å². The van der Waals surface area contributed by atoms with Crippen LogP contribution >= 0.6 is 0 Å². The van der Waals surface area contributed by atoms with Gasteiger partial charge >= 0.3 is 12.1 Å². The van der Waals surface area contributed by atoms with Crippen molar-refractivity contribution in [1.82, 2.24) is 10.2 Å². The second-order valence-corrected chi connectivity index (χ2v) is 8.95. The quantitative estimate of drug-likeness (QED) is 0.527. The SMILES string of the molecule is COC1(C(=O)O)CCN(C(=O)CC(O)CNC(=O)OCC2c3ccccc3-c3ccccc32)CC1. The number of alkyl carbamates (subject to hydrolysis) is 1. The van der Waals surface area contributed by atoms with Crippen molar-refractivity contribution in [3.63, 3.8) is 0 Å². The van der Waals surface area contributed by atoms with E-state index in [0.717, 1.165) is 22.3 Å². The van der Waals surface area contributed by atoms with E-state index in [-0.39, 0.29) is 57.3 Å². The Bertz CT molecular complexity index is 1050. The number of aliphatic hydroxyl groups excluding tert-OH is 1. The first-order valence-electron chi connectivity index (χ1n) is 11.7. The summed E-state index contributed by atoms with van der Waals surface area (Å²) in [6, 6.07) is 16.1. The molecule has 0 bridgehead atoms. The van der Waals surface area contributed by atoms with Crippen LogP contribution in [-0.2, 0) is 19.1 Å². The van der Waals surface area contributed by atoms with Crippen LogP contribution in [0.25, 0.3) is 11.1 Å². The number of hydrogen-bond acceptors (Lipinski definition) is 6. The molecule has 0 saturated carbocycles. The summed E-state index contributed by atoms with van der Waals surface area (Å²) in [5.41, 5.74) is 3.20. The predicted octanol–water partition coefficient (Wildman–Crippen LogP) is 2.37. The molecule has 1 saturated heterocycles. The normalized spacial score (nSPS) is 17.3. The van der Waals surface area contributed by atoms with Crippen LogP contribution in [0.5, 0.6) is 0 Å². The average Bonchev–Trinajstić information content (AvgIpc) is 3.19. The Kier molecular flexibility index (Phi) is 7.37. The molecule has 0 aromatic heterocycles. The number of carboxylic acids is 1. The molecular weight excluding hydrogens is 452 g/mol. The van der Waals surface area contributed by atoms with Crippen molar-refractivity contribution in [2.75, 3.05) is 33.4 Å². The van der Waals surface area contributed by atoms with Crippen LogP contribution < -0.4 is 5.32 Å². The molecule has 0 radical (unpaired) electrons. The number of aliphatic hydroxyl groups is 1. The van der Waals surface area contributed by atoms with Gasteiger partial charge in [-0.2, -0.15) is 0 Å². The molecule has 1 atom stereocenters. The molecule has 3 N–H and O–H groups in total. The summed E-state index contributed by atoms with van der Waals surface area (Å²) in [5, 5.41) is 22.1. The Morgan fingerprint density at radius 1 is 1.06 bits per heavy atom. The number of benzene rings is 2. The molecule has 1 unspecified atom stereocenters. The van der Waals surface area contributed by atoms with Gasteiger partial charge in [-0.25, -0.2) is 9.59 Å². The Hall–Kier alpha value is -3.43. The monoisotopic (exact) mass is 482 g/mol. The lowest BCUT2D eigenvalue weighted by atomic mass is 9.91. The summed E-state index contributed by atoms with van der Waals surface area (Å²) in [5.74, 6) is -1.41. The molecular formula is C26H30N2O7. The molecule has 2 aromatic rings. The summed E-state index contributed by atoms with van der Waals surface area (Å²) in [4.78, 5) is 37.7. The van der Waals surface area contributed by atoms with E-state index in [2.05, 4.69) is 17.4 Å². The fourth-order valence-electron chi connectivity index (χ4n) is 4.88. The maximum Gasteiger partial charge on any atom is 0.407 e. The maximum atomic E-state index is 12.5. The zero-order valence-electron chi connectivity index (χ0n) is 19.6. The molecule has 1 aliphatic heterocycles. The second kappa shape index (κ2) is 10.5. The number of aliphatic carboxylic acids is 1. The van der Waals surface area contributed by atoms with E-state index in [1.165, 1.54) is 12.0 Å². The minimum Gasteiger partial charge on any atom is -0.479 e. The van der Waals surface area contributed by atoms with E-state index in [1.807, 2.05) is 36.4 Å². The average molecular weight is 483 g/mol. The number of carboxylic acid groups (broad SMARTS) is 1. The minimum absolute atomic E-state index is 0.0659. The number of fused-ring (bicyclic) bond motifs is 3. The summed E-state index contributed by atoms with van der Waals surface area (Å²) < 4.78 is 10.6. The van der Waals surface area contributed by atoms with E-state index in [1.54, 1.807) is 0 Å². The highest BCUT2D eigenvalue weighted by Crippen LogP contribution is 2.44. The van der Waals surface area contributed by atoms with Gasteiger partial charge in [0.25, 0.3) is 0 Å². The Labute approximate surface area is 203 Å². The first kappa shape index (κ1) is 24.7. The van der Waals surface area contributed by atoms with Crippen molar-refractivity contribution in [3.05, 3.63) is 59.7 Å². The topological polar surface area (TPSA) is 125 Å². The summed E-state index contributed by atoms with van der Waals surface area (Å²) >= 11 is 0. The van der Waals surface area contributed by atoms with Crippen LogP contribution in [0, 0.1) is 0 Å². The third-order valence-electron chi connectivity index (χ3n) is 6.94. The first-order chi connectivity index (χ1) is 16.8. The van der Waals surface area contributed by atoms with Crippen molar-refractivity contribution in [2.24, 2.45) is 0 Å². The number of rotatable bonds is 8. The van der Waals surface area contributed by atoms with Crippen molar-refractivity contribution < 1.29 is 34.1 Å². The molecule has 1 aliphatic carbocycles. The Morgan fingerprint density at radius 3 is 2.17 bits per heavy atom. The van der Waals surface area contributed by atoms with Crippen LogP contribution in [0.3, 0.4) is 0 Å². The molecule has 9 heteroatoms. The number of piperidine rings is 1. The van der Waals surface area contributed by atoms with Crippen LogP contribution in [0.1, 0.15) is 36.3 Å². The predicted molar refractivity (Wildman–Crippen MR) is 127 cm³/mol. The number of carbonyl (C=O) groups is 3. The van der Waals surface area contributed by atoms with Crippen LogP contribution in [0.4, 0.5) is 4.79 Å². The van der Waals surface area contributed by atoms with E-state index in [4.69, 9.17) is 9.47 Å². The standard InChI is InChI=1S/C26H30N2O7/c1-34-26(24(31)32)10-12-28(13-11-26)23(30)14-17(29)15-27-25(33)35-16-22-20-8-4-2-6-18(20)19-7-3-5-9-21(19)22/h2-9,17,22,29H,10-16H2,1H3,(H,27,33)(H,31,32). The number of amides is 2. The molecule has 0 spiro atoms. The first-order valence-corrected chi connectivity index (χ1v) is 11.7. The lowest BCUT2D eigenvalue weighted by Crippen LogP contribution is -2.52. The molecule has 9 nitrogen and oxygen atoms in total. The van der Waals surface area contributed by atoms with E-state index < -0.39 is 23.8 Å².